The predicted molar refractivity (Wildman–Crippen MR) is 137 cm³/mol. The quantitative estimate of drug-likeness (QED) is 0.438. The molecule has 1 aliphatic rings. The minimum Gasteiger partial charge on any atom is -0.490 e. The lowest BCUT2D eigenvalue weighted by atomic mass is 10.1. The normalized spacial score (nSPS) is 15.1. The first-order chi connectivity index (χ1) is 16.9. The number of carbonyl (C=O) groups excluding carboxylic acids is 2. The molecule has 1 heterocycles. The van der Waals surface area contributed by atoms with E-state index in [0.717, 1.165) is 16.8 Å². The van der Waals surface area contributed by atoms with Gasteiger partial charge in [0.15, 0.2) is 11.5 Å². The Morgan fingerprint density at radius 1 is 0.971 bits per heavy atom. The Hall–Kier alpha value is -4.00. The van der Waals surface area contributed by atoms with Crippen molar-refractivity contribution < 1.29 is 19.1 Å². The van der Waals surface area contributed by atoms with E-state index in [1.54, 1.807) is 11.0 Å². The number of hydrazine groups is 1. The van der Waals surface area contributed by atoms with Crippen LogP contribution < -0.4 is 25.2 Å². The summed E-state index contributed by atoms with van der Waals surface area (Å²) in [7, 11) is 0. The average molecular weight is 474 g/mol. The van der Waals surface area contributed by atoms with Crippen molar-refractivity contribution in [2.45, 2.75) is 33.8 Å². The molecule has 0 bridgehead atoms. The third-order valence-corrected chi connectivity index (χ3v) is 6.11. The van der Waals surface area contributed by atoms with E-state index in [9.17, 15) is 9.59 Å². The van der Waals surface area contributed by atoms with Gasteiger partial charge in [-0.05, 0) is 61.7 Å². The van der Waals surface area contributed by atoms with Gasteiger partial charge < -0.3 is 14.4 Å². The molecule has 3 aromatic carbocycles. The monoisotopic (exact) mass is 473 g/mol. The van der Waals surface area contributed by atoms with Crippen LogP contribution in [-0.2, 0) is 16.2 Å². The number of benzene rings is 3. The molecule has 0 unspecified atom stereocenters. The summed E-state index contributed by atoms with van der Waals surface area (Å²) < 4.78 is 11.7. The number of amides is 2. The van der Waals surface area contributed by atoms with Gasteiger partial charge in [0.25, 0.3) is 0 Å². The summed E-state index contributed by atoms with van der Waals surface area (Å²) in [6, 6.07) is 21.2. The Labute approximate surface area is 206 Å². The fourth-order valence-electron chi connectivity index (χ4n) is 3.97. The van der Waals surface area contributed by atoms with Gasteiger partial charge in [-0.2, -0.15) is 0 Å². The molecule has 0 radical (unpaired) electrons. The maximum Gasteiger partial charge on any atom is 0.243 e. The molecular weight excluding hydrogens is 442 g/mol. The van der Waals surface area contributed by atoms with Gasteiger partial charge in [-0.15, -0.1) is 0 Å². The molecule has 1 atom stereocenters. The molecule has 2 amide bonds. The number of nitrogens with one attached hydrogen (secondary N) is 2. The Balaban J connectivity index is 1.36. The topological polar surface area (TPSA) is 79.9 Å². The Bertz CT molecular complexity index is 1200. The Kier molecular flexibility index (Phi) is 7.55. The summed E-state index contributed by atoms with van der Waals surface area (Å²) >= 11 is 0. The summed E-state index contributed by atoms with van der Waals surface area (Å²) in [4.78, 5) is 27.0. The first kappa shape index (κ1) is 24.1. The molecule has 1 saturated heterocycles. The highest BCUT2D eigenvalue weighted by Gasteiger charge is 2.35. The van der Waals surface area contributed by atoms with Crippen LogP contribution >= 0.6 is 0 Å². The summed E-state index contributed by atoms with van der Waals surface area (Å²) in [6.07, 6.45) is 0.177. The molecule has 3 aromatic rings. The first-order valence-electron chi connectivity index (χ1n) is 11.8. The zero-order chi connectivity index (χ0) is 24.8. The van der Waals surface area contributed by atoms with Gasteiger partial charge in [0.2, 0.25) is 11.8 Å². The summed E-state index contributed by atoms with van der Waals surface area (Å²) in [5.41, 5.74) is 10.5. The highest BCUT2D eigenvalue weighted by molar-refractivity contribution is 6.00. The SMILES string of the molecule is CCOc1cc(NNC(=O)[C@@H]2CC(=O)N(c3ccc(C)c(C)c3)C2)ccc1OCc1ccccc1. The van der Waals surface area contributed by atoms with Crippen molar-refractivity contribution in [2.24, 2.45) is 5.92 Å². The third-order valence-electron chi connectivity index (χ3n) is 6.11. The number of hydrogen-bond donors (Lipinski definition) is 2. The van der Waals surface area contributed by atoms with E-state index in [1.807, 2.05) is 81.4 Å². The van der Waals surface area contributed by atoms with Crippen LogP contribution in [0.1, 0.15) is 30.0 Å². The molecule has 1 fully saturated rings. The smallest absolute Gasteiger partial charge is 0.243 e. The second-order valence-electron chi connectivity index (χ2n) is 8.66. The van der Waals surface area contributed by atoms with Crippen LogP contribution in [0.15, 0.2) is 66.7 Å². The largest absolute Gasteiger partial charge is 0.490 e. The lowest BCUT2D eigenvalue weighted by Gasteiger charge is -2.18. The zero-order valence-corrected chi connectivity index (χ0v) is 20.3. The molecule has 7 heteroatoms. The van der Waals surface area contributed by atoms with Crippen molar-refractivity contribution in [1.29, 1.82) is 0 Å². The number of ether oxygens (including phenoxy) is 2. The second-order valence-corrected chi connectivity index (χ2v) is 8.66. The van der Waals surface area contributed by atoms with Crippen LogP contribution in [0.4, 0.5) is 11.4 Å². The standard InChI is InChI=1S/C28H31N3O4/c1-4-34-26-16-23(11-13-25(26)35-18-21-8-6-5-7-9-21)29-30-28(33)22-15-27(32)31(17-22)24-12-10-19(2)20(3)14-24/h5-14,16,22,29H,4,15,17-18H2,1-3H3,(H,30,33)/t22-/m1/s1. The van der Waals surface area contributed by atoms with Gasteiger partial charge >= 0.3 is 0 Å². The number of carbonyl (C=O) groups is 2. The van der Waals surface area contributed by atoms with Crippen molar-refractivity contribution >= 4 is 23.2 Å². The molecular formula is C28H31N3O4. The number of aryl methyl sites for hydroxylation is 2. The van der Waals surface area contributed by atoms with E-state index in [1.165, 1.54) is 5.56 Å². The number of hydrogen-bond acceptors (Lipinski definition) is 5. The van der Waals surface area contributed by atoms with Gasteiger partial charge in [0.05, 0.1) is 18.2 Å². The number of rotatable bonds is 9. The maximum atomic E-state index is 12.8. The second kappa shape index (κ2) is 11.0. The lowest BCUT2D eigenvalue weighted by molar-refractivity contribution is -0.125. The van der Waals surface area contributed by atoms with Gasteiger partial charge in [-0.1, -0.05) is 36.4 Å². The third kappa shape index (κ3) is 5.93. The Morgan fingerprint density at radius 3 is 2.51 bits per heavy atom. The molecule has 182 valence electrons. The van der Waals surface area contributed by atoms with Crippen LogP contribution in [0.25, 0.3) is 0 Å². The first-order valence-corrected chi connectivity index (χ1v) is 11.8. The fraction of sp³-hybridized carbons (Fsp3) is 0.286. The predicted octanol–water partition coefficient (Wildman–Crippen LogP) is 4.78. The van der Waals surface area contributed by atoms with Crippen molar-refractivity contribution in [3.8, 4) is 11.5 Å². The van der Waals surface area contributed by atoms with E-state index >= 15 is 0 Å². The van der Waals surface area contributed by atoms with Gasteiger partial charge in [0.1, 0.15) is 6.61 Å². The number of anilines is 2. The van der Waals surface area contributed by atoms with Gasteiger partial charge in [-0.25, -0.2) is 0 Å². The molecule has 0 saturated carbocycles. The van der Waals surface area contributed by atoms with E-state index in [4.69, 9.17) is 9.47 Å². The highest BCUT2D eigenvalue weighted by atomic mass is 16.5. The summed E-state index contributed by atoms with van der Waals surface area (Å²) in [5.74, 6) is 0.494. The molecule has 35 heavy (non-hydrogen) atoms. The van der Waals surface area contributed by atoms with Crippen LogP contribution in [0.3, 0.4) is 0 Å². The summed E-state index contributed by atoms with van der Waals surface area (Å²) in [5, 5.41) is 0. The van der Waals surface area contributed by atoms with Crippen molar-refractivity contribution in [2.75, 3.05) is 23.5 Å². The van der Waals surface area contributed by atoms with Crippen LogP contribution in [0, 0.1) is 19.8 Å². The molecule has 4 rings (SSSR count). The van der Waals surface area contributed by atoms with Gasteiger partial charge in [0, 0.05) is 24.7 Å². The van der Waals surface area contributed by atoms with E-state index in [0.29, 0.717) is 36.9 Å². The molecule has 0 aromatic heterocycles. The summed E-state index contributed by atoms with van der Waals surface area (Å²) in [6.45, 7) is 7.22. The molecule has 7 nitrogen and oxygen atoms in total. The Morgan fingerprint density at radius 2 is 1.77 bits per heavy atom. The van der Waals surface area contributed by atoms with Crippen LogP contribution in [0.2, 0.25) is 0 Å². The zero-order valence-electron chi connectivity index (χ0n) is 20.3. The van der Waals surface area contributed by atoms with E-state index in [-0.39, 0.29) is 18.2 Å². The fourth-order valence-corrected chi connectivity index (χ4v) is 3.97. The minimum atomic E-state index is -0.434. The molecule has 0 spiro atoms. The molecule has 2 N–H and O–H groups in total. The van der Waals surface area contributed by atoms with E-state index < -0.39 is 5.92 Å². The lowest BCUT2D eigenvalue weighted by Crippen LogP contribution is -2.36. The maximum absolute atomic E-state index is 12.8. The van der Waals surface area contributed by atoms with Crippen LogP contribution in [0.5, 0.6) is 11.5 Å². The highest BCUT2D eigenvalue weighted by Crippen LogP contribution is 2.31. The minimum absolute atomic E-state index is 0.0491. The average Bonchev–Trinajstić information content (AvgIpc) is 3.26. The van der Waals surface area contributed by atoms with E-state index in [2.05, 4.69) is 10.9 Å². The van der Waals surface area contributed by atoms with Crippen molar-refractivity contribution in [1.82, 2.24) is 5.43 Å². The van der Waals surface area contributed by atoms with Gasteiger partial charge in [-0.3, -0.25) is 20.4 Å². The van der Waals surface area contributed by atoms with Crippen molar-refractivity contribution in [3.05, 3.63) is 83.4 Å². The molecule has 1 aliphatic heterocycles. The van der Waals surface area contributed by atoms with Crippen molar-refractivity contribution in [3.63, 3.8) is 0 Å². The molecule has 0 aliphatic carbocycles. The van der Waals surface area contributed by atoms with Crippen LogP contribution in [-0.4, -0.2) is 25.0 Å². The number of nitrogens with zero attached hydrogens (tertiary/aromatic N) is 1.